The molecule has 3 rings (SSSR count). The largest absolute Gasteiger partial charge is 0.427 e. The van der Waals surface area contributed by atoms with Crippen LogP contribution >= 0.6 is 23.0 Å². The summed E-state index contributed by atoms with van der Waals surface area (Å²) in [7, 11) is 0. The van der Waals surface area contributed by atoms with E-state index in [1.54, 1.807) is 41.2 Å². The van der Waals surface area contributed by atoms with Crippen molar-refractivity contribution in [3.05, 3.63) is 83.9 Å². The quantitative estimate of drug-likeness (QED) is 0.330. The van der Waals surface area contributed by atoms with E-state index >= 15 is 0 Å². The second-order valence-electron chi connectivity index (χ2n) is 4.88. The molecule has 0 N–H and O–H groups in total. The summed E-state index contributed by atoms with van der Waals surface area (Å²) in [5, 5.41) is 2.35. The lowest BCUT2D eigenvalue weighted by Crippen LogP contribution is -1.96. The fourth-order valence-electron chi connectivity index (χ4n) is 2.31. The maximum absolute atomic E-state index is 12.3. The summed E-state index contributed by atoms with van der Waals surface area (Å²) in [6.07, 6.45) is 3.41. The summed E-state index contributed by atoms with van der Waals surface area (Å²) in [5.74, 6) is 0.511. The predicted molar refractivity (Wildman–Crippen MR) is 98.4 cm³/mol. The van der Waals surface area contributed by atoms with Gasteiger partial charge in [-0.25, -0.2) is 0 Å². The standard InChI is InChI=1S/C19H13IO2/c20-22-19-8-4-3-7-17(19)18(21)12-10-14-9-11-15-5-1-2-6-16(15)13-14/h1-13H/b12-10+. The molecule has 0 aromatic heterocycles. The van der Waals surface area contributed by atoms with E-state index in [9.17, 15) is 4.79 Å². The van der Waals surface area contributed by atoms with Gasteiger partial charge in [0.25, 0.3) is 0 Å². The molecule has 0 fully saturated rings. The van der Waals surface area contributed by atoms with Crippen LogP contribution in [-0.4, -0.2) is 5.78 Å². The van der Waals surface area contributed by atoms with Gasteiger partial charge in [0.2, 0.25) is 0 Å². The number of carbonyl (C=O) groups excluding carboxylic acids is 1. The summed E-state index contributed by atoms with van der Waals surface area (Å²) in [6, 6.07) is 21.5. The SMILES string of the molecule is O=C(/C=C/c1ccc2ccccc2c1)c1ccccc1OI. The first-order chi connectivity index (χ1) is 10.8. The highest BCUT2D eigenvalue weighted by Crippen LogP contribution is 2.22. The molecule has 0 saturated carbocycles. The number of halogens is 1. The van der Waals surface area contributed by atoms with Gasteiger partial charge in [-0.3, -0.25) is 4.79 Å². The molecule has 0 amide bonds. The maximum atomic E-state index is 12.3. The minimum absolute atomic E-state index is 0.0691. The fourth-order valence-corrected chi connectivity index (χ4v) is 2.69. The minimum Gasteiger partial charge on any atom is -0.427 e. The molecule has 0 aliphatic carbocycles. The van der Waals surface area contributed by atoms with Gasteiger partial charge in [-0.2, -0.15) is 0 Å². The van der Waals surface area contributed by atoms with Gasteiger partial charge < -0.3 is 3.07 Å². The summed E-state index contributed by atoms with van der Waals surface area (Å²) < 4.78 is 5.19. The van der Waals surface area contributed by atoms with Gasteiger partial charge in [-0.15, -0.1) is 0 Å². The lowest BCUT2D eigenvalue weighted by atomic mass is 10.1. The van der Waals surface area contributed by atoms with Crippen LogP contribution in [0.15, 0.2) is 72.8 Å². The molecule has 0 bridgehead atoms. The number of para-hydroxylation sites is 1. The molecule has 3 aromatic carbocycles. The number of allylic oxidation sites excluding steroid dienone is 1. The first-order valence-electron chi connectivity index (χ1n) is 6.87. The topological polar surface area (TPSA) is 26.3 Å². The van der Waals surface area contributed by atoms with E-state index in [0.717, 1.165) is 10.9 Å². The van der Waals surface area contributed by atoms with Gasteiger partial charge in [0, 0.05) is 0 Å². The monoisotopic (exact) mass is 400 g/mol. The van der Waals surface area contributed by atoms with Crippen LogP contribution < -0.4 is 3.07 Å². The molecule has 0 spiro atoms. The van der Waals surface area contributed by atoms with Crippen molar-refractivity contribution in [2.24, 2.45) is 0 Å². The Labute approximate surface area is 143 Å². The first-order valence-corrected chi connectivity index (χ1v) is 7.75. The molecule has 0 aliphatic heterocycles. The van der Waals surface area contributed by atoms with Crippen molar-refractivity contribution in [3.63, 3.8) is 0 Å². The normalized spacial score (nSPS) is 11.0. The molecule has 0 saturated heterocycles. The molecule has 2 nitrogen and oxygen atoms in total. The van der Waals surface area contributed by atoms with E-state index in [2.05, 4.69) is 24.3 Å². The van der Waals surface area contributed by atoms with E-state index in [1.165, 1.54) is 5.39 Å². The van der Waals surface area contributed by atoms with Crippen molar-refractivity contribution < 1.29 is 7.86 Å². The van der Waals surface area contributed by atoms with Crippen LogP contribution in [0.25, 0.3) is 16.8 Å². The van der Waals surface area contributed by atoms with E-state index in [-0.39, 0.29) is 5.78 Å². The van der Waals surface area contributed by atoms with E-state index in [1.807, 2.05) is 36.4 Å². The average molecular weight is 400 g/mol. The molecular formula is C19H13IO2. The number of benzene rings is 3. The van der Waals surface area contributed by atoms with Gasteiger partial charge in [-0.05, 0) is 40.6 Å². The van der Waals surface area contributed by atoms with Crippen molar-refractivity contribution in [2.45, 2.75) is 0 Å². The van der Waals surface area contributed by atoms with Gasteiger partial charge in [0.15, 0.2) is 28.8 Å². The van der Waals surface area contributed by atoms with Crippen LogP contribution in [0.3, 0.4) is 0 Å². The second-order valence-corrected chi connectivity index (χ2v) is 5.32. The predicted octanol–water partition coefficient (Wildman–Crippen LogP) is 5.46. The zero-order chi connectivity index (χ0) is 15.4. The van der Waals surface area contributed by atoms with Gasteiger partial charge >= 0.3 is 0 Å². The van der Waals surface area contributed by atoms with Gasteiger partial charge in [-0.1, -0.05) is 54.6 Å². The van der Waals surface area contributed by atoms with Gasteiger partial charge in [0.1, 0.15) is 5.75 Å². The van der Waals surface area contributed by atoms with Crippen LogP contribution in [0.5, 0.6) is 5.75 Å². The zero-order valence-corrected chi connectivity index (χ0v) is 13.9. The Morgan fingerprint density at radius 2 is 1.64 bits per heavy atom. The van der Waals surface area contributed by atoms with Crippen LogP contribution in [0.1, 0.15) is 15.9 Å². The number of rotatable bonds is 4. The van der Waals surface area contributed by atoms with Crippen molar-refractivity contribution in [1.82, 2.24) is 0 Å². The summed E-state index contributed by atoms with van der Waals surface area (Å²) in [5.41, 5.74) is 1.56. The number of ketones is 1. The molecule has 0 aliphatic rings. The Bertz CT molecular complexity index is 853. The van der Waals surface area contributed by atoms with E-state index in [4.69, 9.17) is 3.07 Å². The summed E-state index contributed by atoms with van der Waals surface area (Å²) in [4.78, 5) is 12.3. The van der Waals surface area contributed by atoms with Crippen LogP contribution in [0.2, 0.25) is 0 Å². The Balaban J connectivity index is 1.87. The molecule has 3 heteroatoms. The third kappa shape index (κ3) is 3.20. The number of carbonyl (C=O) groups is 1. The average Bonchev–Trinajstić information content (AvgIpc) is 2.59. The molecule has 22 heavy (non-hydrogen) atoms. The van der Waals surface area contributed by atoms with Crippen molar-refractivity contribution >= 4 is 45.6 Å². The van der Waals surface area contributed by atoms with Crippen LogP contribution in [-0.2, 0) is 0 Å². The summed E-state index contributed by atoms with van der Waals surface area (Å²) >= 11 is 1.79. The van der Waals surface area contributed by atoms with Crippen LogP contribution in [0, 0.1) is 0 Å². The fraction of sp³-hybridized carbons (Fsp3) is 0. The number of fused-ring (bicyclic) bond motifs is 1. The van der Waals surface area contributed by atoms with Crippen molar-refractivity contribution in [1.29, 1.82) is 0 Å². The highest BCUT2D eigenvalue weighted by atomic mass is 127. The number of hydrogen-bond donors (Lipinski definition) is 0. The number of hydrogen-bond acceptors (Lipinski definition) is 2. The maximum Gasteiger partial charge on any atom is 0.192 e. The highest BCUT2D eigenvalue weighted by Gasteiger charge is 2.08. The second kappa shape index (κ2) is 6.75. The zero-order valence-electron chi connectivity index (χ0n) is 11.7. The molecule has 108 valence electrons. The Hall–Kier alpha value is -2.14. The van der Waals surface area contributed by atoms with Crippen LogP contribution in [0.4, 0.5) is 0 Å². The Kier molecular flexibility index (Phi) is 4.53. The first kappa shape index (κ1) is 14.8. The van der Waals surface area contributed by atoms with Crippen molar-refractivity contribution in [3.8, 4) is 5.75 Å². The molecule has 0 radical (unpaired) electrons. The third-order valence-corrected chi connectivity index (χ3v) is 3.91. The molecule has 0 heterocycles. The molecule has 3 aromatic rings. The summed E-state index contributed by atoms with van der Waals surface area (Å²) in [6.45, 7) is 0. The van der Waals surface area contributed by atoms with Crippen molar-refractivity contribution in [2.75, 3.05) is 0 Å². The van der Waals surface area contributed by atoms with Gasteiger partial charge in [0.05, 0.1) is 5.56 Å². The smallest absolute Gasteiger partial charge is 0.192 e. The third-order valence-electron chi connectivity index (χ3n) is 3.44. The minimum atomic E-state index is -0.0691. The van der Waals surface area contributed by atoms with E-state index < -0.39 is 0 Å². The van der Waals surface area contributed by atoms with E-state index in [0.29, 0.717) is 11.3 Å². The Morgan fingerprint density at radius 3 is 2.45 bits per heavy atom. The molecule has 0 unspecified atom stereocenters. The Morgan fingerprint density at radius 1 is 0.909 bits per heavy atom. The lowest BCUT2D eigenvalue weighted by Gasteiger charge is -2.03. The lowest BCUT2D eigenvalue weighted by molar-refractivity contribution is 0.104. The highest BCUT2D eigenvalue weighted by molar-refractivity contribution is 14.1. The molecule has 0 atom stereocenters. The molecular weight excluding hydrogens is 387 g/mol.